The minimum absolute atomic E-state index is 0.0138. The number of aliphatic hydroxyl groups is 1. The van der Waals surface area contributed by atoms with Crippen LogP contribution in [-0.4, -0.2) is 118 Å². The smallest absolute Gasteiger partial charge is 0.343 e. The van der Waals surface area contributed by atoms with Gasteiger partial charge >= 0.3 is 5.97 Å². The lowest BCUT2D eigenvalue weighted by Crippen LogP contribution is -2.56. The van der Waals surface area contributed by atoms with Crippen LogP contribution in [-0.2, 0) is 60.6 Å². The number of carbonyl (C=O) groups is 5. The minimum Gasteiger partial charge on any atom is -0.494 e. The zero-order valence-corrected chi connectivity index (χ0v) is 34.8. The number of benzene rings is 2. The van der Waals surface area contributed by atoms with Crippen molar-refractivity contribution in [3.63, 3.8) is 0 Å². The van der Waals surface area contributed by atoms with E-state index in [0.717, 1.165) is 70.9 Å². The van der Waals surface area contributed by atoms with E-state index in [9.17, 15) is 33.9 Å². The van der Waals surface area contributed by atoms with Crippen molar-refractivity contribution in [1.82, 2.24) is 24.7 Å². The molecule has 5 N–H and O–H groups in total. The molecule has 324 valence electrons. The number of halogens is 1. The Labute approximate surface area is 355 Å². The Morgan fingerprint density at radius 2 is 1.74 bits per heavy atom. The molecule has 62 heavy (non-hydrogen) atoms. The van der Waals surface area contributed by atoms with Gasteiger partial charge in [0.1, 0.15) is 25.2 Å². The first-order valence-electron chi connectivity index (χ1n) is 20.5. The molecule has 0 radical (unpaired) electrons. The van der Waals surface area contributed by atoms with Crippen LogP contribution in [0.3, 0.4) is 0 Å². The third-order valence-corrected chi connectivity index (χ3v) is 12.6. The fourth-order valence-electron chi connectivity index (χ4n) is 8.84. The third kappa shape index (κ3) is 7.42. The maximum atomic E-state index is 15.2. The summed E-state index contributed by atoms with van der Waals surface area (Å²) in [5, 5.41) is 17.4. The molecule has 1 saturated heterocycles. The molecule has 0 saturated carbocycles. The predicted molar refractivity (Wildman–Crippen MR) is 222 cm³/mol. The first-order valence-corrected chi connectivity index (χ1v) is 20.5. The Morgan fingerprint density at radius 1 is 1.05 bits per heavy atom. The van der Waals surface area contributed by atoms with Crippen molar-refractivity contribution in [3.05, 3.63) is 98.6 Å². The Morgan fingerprint density at radius 3 is 2.39 bits per heavy atom. The van der Waals surface area contributed by atoms with Gasteiger partial charge < -0.3 is 40.0 Å². The summed E-state index contributed by atoms with van der Waals surface area (Å²) in [7, 11) is 3.60. The molecule has 0 unspecified atom stereocenters. The van der Waals surface area contributed by atoms with Crippen LogP contribution in [0.2, 0.25) is 0 Å². The van der Waals surface area contributed by atoms with Gasteiger partial charge in [-0.1, -0.05) is 19.1 Å². The summed E-state index contributed by atoms with van der Waals surface area (Å²) in [6.07, 6.45) is 2.14. The number of ether oxygens (including phenoxy) is 2. The van der Waals surface area contributed by atoms with Gasteiger partial charge in [-0.15, -0.1) is 0 Å². The van der Waals surface area contributed by atoms with Crippen molar-refractivity contribution < 1.29 is 47.4 Å². The zero-order chi connectivity index (χ0) is 44.2. The van der Waals surface area contributed by atoms with Crippen LogP contribution in [0.25, 0.3) is 22.3 Å². The monoisotopic (exact) mass is 851 g/mol. The molecular formula is C44H48FN8O9+. The number of rotatable bonds is 12. The lowest BCUT2D eigenvalue weighted by atomic mass is 9.86. The molecular weight excluding hydrogens is 804 g/mol. The molecule has 2 aromatic carbocycles. The maximum absolute atomic E-state index is 15.2. The molecule has 0 spiro atoms. The van der Waals surface area contributed by atoms with E-state index in [0.29, 0.717) is 34.5 Å². The third-order valence-electron chi connectivity index (χ3n) is 12.6. The van der Waals surface area contributed by atoms with Crippen LogP contribution in [0.4, 0.5) is 10.1 Å². The number of cyclic esters (lactones) is 1. The van der Waals surface area contributed by atoms with E-state index in [1.807, 2.05) is 12.1 Å². The number of esters is 1. The first-order chi connectivity index (χ1) is 29.6. The van der Waals surface area contributed by atoms with E-state index >= 15 is 4.39 Å². The predicted octanol–water partition coefficient (Wildman–Crippen LogP) is 1.39. The molecule has 2 aromatic heterocycles. The maximum Gasteiger partial charge on any atom is 0.343 e. The van der Waals surface area contributed by atoms with Gasteiger partial charge in [0.05, 0.1) is 56.3 Å². The lowest BCUT2D eigenvalue weighted by molar-refractivity contribution is -0.926. The molecule has 17 nitrogen and oxygen atoms in total. The molecule has 8 rings (SSSR count). The van der Waals surface area contributed by atoms with E-state index < -0.39 is 53.1 Å². The van der Waals surface area contributed by atoms with Crippen molar-refractivity contribution in [2.24, 2.45) is 5.73 Å². The highest BCUT2D eigenvalue weighted by molar-refractivity contribution is 6.15. The van der Waals surface area contributed by atoms with Gasteiger partial charge in [-0.05, 0) is 43.2 Å². The molecule has 0 aliphatic carbocycles. The molecule has 1 fully saturated rings. The number of nitrogens with zero attached hydrogens (tertiary/aromatic N) is 5. The van der Waals surface area contributed by atoms with Gasteiger partial charge in [-0.25, -0.2) is 14.2 Å². The van der Waals surface area contributed by atoms with Crippen LogP contribution in [0.15, 0.2) is 59.4 Å². The highest BCUT2D eigenvalue weighted by Crippen LogP contribution is 2.41. The Kier molecular flexibility index (Phi) is 11.0. The quantitative estimate of drug-likeness (QED) is 0.0797. The summed E-state index contributed by atoms with van der Waals surface area (Å²) in [6, 6.07) is 9.87. The van der Waals surface area contributed by atoms with E-state index in [-0.39, 0.29) is 48.6 Å². The number of pyridine rings is 2. The number of nitrogens with one attached hydrogen (secondary N) is 2. The minimum atomic E-state index is -1.98. The van der Waals surface area contributed by atoms with Crippen LogP contribution >= 0.6 is 0 Å². The van der Waals surface area contributed by atoms with Gasteiger partial charge in [0.25, 0.3) is 17.4 Å². The molecule has 6 heterocycles. The summed E-state index contributed by atoms with van der Waals surface area (Å²) in [6.45, 7) is 7.10. The van der Waals surface area contributed by atoms with E-state index in [4.69, 9.17) is 20.2 Å². The summed E-state index contributed by atoms with van der Waals surface area (Å²) in [4.78, 5) is 84.6. The van der Waals surface area contributed by atoms with Crippen molar-refractivity contribution in [2.45, 2.75) is 64.2 Å². The average Bonchev–Trinajstić information content (AvgIpc) is 3.79. The highest BCUT2D eigenvalue weighted by Gasteiger charge is 2.46. The summed E-state index contributed by atoms with van der Waals surface area (Å²) < 4.78 is 28.1. The van der Waals surface area contributed by atoms with Crippen LogP contribution in [0.5, 0.6) is 5.75 Å². The van der Waals surface area contributed by atoms with Gasteiger partial charge in [0.15, 0.2) is 17.2 Å². The van der Waals surface area contributed by atoms with Crippen LogP contribution in [0.1, 0.15) is 48.1 Å². The number of fused-ring (bicyclic) bond motifs is 5. The normalized spacial score (nSPS) is 20.0. The number of hydrogen-bond donors (Lipinski definition) is 4. The SMILES string of the molecule is CC[C@@]1(O)C(=O)OCc2c1cc1n(c2=O)Cc2c-1nc1cc(F)c(OC)cc1c2CN1CC[N+](C)(Cc2ccc(NC(=O)[C@H](C)NC(=O)[C@H](CN)N3C(=O)C=CC3=O)cc2)CC1. The largest absolute Gasteiger partial charge is 0.494 e. The van der Waals surface area contributed by atoms with Crippen LogP contribution < -0.4 is 26.7 Å². The molecule has 4 aromatic rings. The van der Waals surface area contributed by atoms with Crippen molar-refractivity contribution in [1.29, 1.82) is 0 Å². The van der Waals surface area contributed by atoms with Gasteiger partial charge in [-0.3, -0.25) is 33.8 Å². The number of imide groups is 1. The number of hydrogen-bond acceptors (Lipinski definition) is 12. The molecule has 4 aliphatic heterocycles. The first kappa shape index (κ1) is 42.4. The number of likely N-dealkylation sites (N-methyl/N-ethyl adjacent to an activating group) is 1. The topological polar surface area (TPSA) is 215 Å². The van der Waals surface area contributed by atoms with E-state index in [1.54, 1.807) is 35.8 Å². The summed E-state index contributed by atoms with van der Waals surface area (Å²) in [5.41, 5.74) is 8.39. The molecule has 0 bridgehead atoms. The summed E-state index contributed by atoms with van der Waals surface area (Å²) in [5.74, 6) is -3.81. The standard InChI is InChI=1S/C44H47FN8O9/c1-5-44(60)31-17-34-39-29(21-51(34)42(58)30(31)23-62-43(44)59)28(27-16-36(61-4)32(45)18-33(27)49-39)20-50-12-14-53(3,15-13-50)22-25-6-8-26(9-7-25)48-40(56)24(2)47-41(57)35(19-46)52-37(54)10-11-38(52)55/h6-11,16-18,24,35,60H,5,12-15,19-23,46H2,1-4H3,(H-,47,48,56,57)/p+1/t24-,35-,44-/m0/s1. The molecule has 18 heteroatoms. The number of amides is 4. The second-order valence-corrected chi connectivity index (χ2v) is 16.6. The Bertz CT molecular complexity index is 2620. The van der Waals surface area contributed by atoms with E-state index in [1.165, 1.54) is 20.1 Å². The molecule has 4 amide bonds. The van der Waals surface area contributed by atoms with Crippen molar-refractivity contribution >= 4 is 46.2 Å². The Balaban J connectivity index is 0.950. The highest BCUT2D eigenvalue weighted by atomic mass is 19.1. The number of piperazine rings is 1. The number of quaternary nitrogens is 1. The number of aromatic nitrogens is 2. The van der Waals surface area contributed by atoms with Gasteiger partial charge in [-0.2, -0.15) is 0 Å². The van der Waals surface area contributed by atoms with Crippen LogP contribution in [0, 0.1) is 5.82 Å². The van der Waals surface area contributed by atoms with Crippen molar-refractivity contribution in [2.75, 3.05) is 52.2 Å². The second kappa shape index (κ2) is 16.2. The fourth-order valence-corrected chi connectivity index (χ4v) is 8.84. The van der Waals surface area contributed by atoms with Gasteiger partial charge in [0.2, 0.25) is 11.8 Å². The second-order valence-electron chi connectivity index (χ2n) is 16.6. The van der Waals surface area contributed by atoms with E-state index in [2.05, 4.69) is 22.6 Å². The summed E-state index contributed by atoms with van der Waals surface area (Å²) >= 11 is 0. The number of nitrogens with two attached hydrogens (primary N) is 1. The number of anilines is 1. The fraction of sp³-hybridized carbons (Fsp3) is 0.386. The Hall–Kier alpha value is -6.34. The average molecular weight is 852 g/mol. The molecule has 3 atom stereocenters. The van der Waals surface area contributed by atoms with Crippen molar-refractivity contribution in [3.8, 4) is 17.1 Å². The number of carbonyl (C=O) groups excluding carboxylic acids is 5. The molecule has 4 aliphatic rings. The number of methoxy groups -OCH3 is 1. The lowest BCUT2D eigenvalue weighted by Gasteiger charge is -2.42. The zero-order valence-electron chi connectivity index (χ0n) is 34.8. The van der Waals surface area contributed by atoms with Gasteiger partial charge in [0, 0.05) is 72.2 Å².